The van der Waals surface area contributed by atoms with Crippen LogP contribution in [-0.2, 0) is 14.2 Å². The first kappa shape index (κ1) is 13.1. The van der Waals surface area contributed by atoms with Crippen molar-refractivity contribution in [3.05, 3.63) is 48.0 Å². The van der Waals surface area contributed by atoms with Crippen LogP contribution in [0.5, 0.6) is 0 Å². The highest BCUT2D eigenvalue weighted by atomic mass is 16.8. The number of hydrogen-bond acceptors (Lipinski definition) is 5. The van der Waals surface area contributed by atoms with Crippen molar-refractivity contribution in [3.8, 4) is 0 Å². The van der Waals surface area contributed by atoms with E-state index in [0.29, 0.717) is 0 Å². The Labute approximate surface area is 116 Å². The molecule has 106 valence electrons. The van der Waals surface area contributed by atoms with Crippen LogP contribution in [0.25, 0.3) is 0 Å². The lowest BCUT2D eigenvalue weighted by Gasteiger charge is -2.31. The first-order valence-corrected chi connectivity index (χ1v) is 6.59. The fourth-order valence-electron chi connectivity index (χ4n) is 2.48. The molecule has 20 heavy (non-hydrogen) atoms. The van der Waals surface area contributed by atoms with Crippen LogP contribution in [0.2, 0.25) is 0 Å². The van der Waals surface area contributed by atoms with Gasteiger partial charge in [-0.1, -0.05) is 36.4 Å². The highest BCUT2D eigenvalue weighted by Crippen LogP contribution is 2.29. The van der Waals surface area contributed by atoms with Gasteiger partial charge in [-0.05, 0) is 18.6 Å². The van der Waals surface area contributed by atoms with Crippen molar-refractivity contribution >= 4 is 6.16 Å². The summed E-state index contributed by atoms with van der Waals surface area (Å²) < 4.78 is 15.7. The number of aliphatic hydroxyl groups is 1. The van der Waals surface area contributed by atoms with E-state index in [1.807, 2.05) is 37.3 Å². The topological polar surface area (TPSA) is 65.0 Å². The van der Waals surface area contributed by atoms with Crippen molar-refractivity contribution in [2.75, 3.05) is 0 Å². The molecule has 1 heterocycles. The zero-order valence-electron chi connectivity index (χ0n) is 11.0. The van der Waals surface area contributed by atoms with Crippen LogP contribution in [0.15, 0.2) is 42.5 Å². The number of rotatable bonds is 3. The van der Waals surface area contributed by atoms with Crippen LogP contribution in [0.4, 0.5) is 4.79 Å². The van der Waals surface area contributed by atoms with Crippen molar-refractivity contribution < 1.29 is 24.1 Å². The number of fused-ring (bicyclic) bond motifs is 1. The van der Waals surface area contributed by atoms with Crippen molar-refractivity contribution in [2.24, 2.45) is 0 Å². The van der Waals surface area contributed by atoms with Crippen LogP contribution in [0.3, 0.4) is 0 Å². The van der Waals surface area contributed by atoms with Crippen LogP contribution in [0, 0.1) is 0 Å². The molecule has 1 aliphatic heterocycles. The van der Waals surface area contributed by atoms with Gasteiger partial charge in [0.15, 0.2) is 12.2 Å². The summed E-state index contributed by atoms with van der Waals surface area (Å²) >= 11 is 0. The summed E-state index contributed by atoms with van der Waals surface area (Å²) in [6, 6.07) is 9.73. The molecule has 0 aromatic heterocycles. The summed E-state index contributed by atoms with van der Waals surface area (Å²) in [6.45, 7) is 1.92. The molecule has 2 aliphatic rings. The van der Waals surface area contributed by atoms with E-state index in [1.54, 1.807) is 12.2 Å². The Bertz CT molecular complexity index is 512. The molecule has 1 aromatic carbocycles. The summed E-state index contributed by atoms with van der Waals surface area (Å²) in [7, 11) is 0. The molecular weight excluding hydrogens is 260 g/mol. The van der Waals surface area contributed by atoms with Gasteiger partial charge in [-0.15, -0.1) is 0 Å². The average Bonchev–Trinajstić information content (AvgIpc) is 2.84. The third-order valence-corrected chi connectivity index (χ3v) is 3.58. The summed E-state index contributed by atoms with van der Waals surface area (Å²) in [5.41, 5.74) is 1.02. The Morgan fingerprint density at radius 2 is 1.95 bits per heavy atom. The molecule has 0 unspecified atom stereocenters. The van der Waals surface area contributed by atoms with Gasteiger partial charge in [-0.25, -0.2) is 4.79 Å². The normalized spacial score (nSPS) is 33.2. The second-order valence-electron chi connectivity index (χ2n) is 4.94. The van der Waals surface area contributed by atoms with Crippen LogP contribution < -0.4 is 0 Å². The predicted molar refractivity (Wildman–Crippen MR) is 70.0 cm³/mol. The monoisotopic (exact) mass is 276 g/mol. The molecule has 0 amide bonds. The molecule has 0 bridgehead atoms. The quantitative estimate of drug-likeness (QED) is 0.675. The third kappa shape index (κ3) is 2.42. The number of hydrogen-bond donors (Lipinski definition) is 1. The molecule has 0 radical (unpaired) electrons. The fraction of sp³-hybridized carbons (Fsp3) is 0.400. The van der Waals surface area contributed by atoms with Gasteiger partial charge in [0.1, 0.15) is 12.2 Å². The number of carbonyl (C=O) groups excluding carboxylic acids is 1. The lowest BCUT2D eigenvalue weighted by molar-refractivity contribution is -0.0951. The number of carbonyl (C=O) groups is 1. The first-order valence-electron chi connectivity index (χ1n) is 6.59. The Morgan fingerprint density at radius 1 is 1.20 bits per heavy atom. The van der Waals surface area contributed by atoms with Gasteiger partial charge in [0.25, 0.3) is 0 Å². The second kappa shape index (κ2) is 5.26. The second-order valence-corrected chi connectivity index (χ2v) is 4.94. The van der Waals surface area contributed by atoms with Gasteiger partial charge in [0.05, 0.1) is 6.10 Å². The maximum atomic E-state index is 11.1. The third-order valence-electron chi connectivity index (χ3n) is 3.58. The maximum Gasteiger partial charge on any atom is 0.509 e. The van der Waals surface area contributed by atoms with Gasteiger partial charge in [0.2, 0.25) is 0 Å². The van der Waals surface area contributed by atoms with Gasteiger partial charge in [-0.2, -0.15) is 0 Å². The Hall–Kier alpha value is -1.85. The van der Waals surface area contributed by atoms with E-state index in [-0.39, 0.29) is 6.10 Å². The highest BCUT2D eigenvalue weighted by molar-refractivity contribution is 5.63. The van der Waals surface area contributed by atoms with Gasteiger partial charge >= 0.3 is 6.16 Å². The molecule has 1 fully saturated rings. The lowest BCUT2D eigenvalue weighted by atomic mass is 9.96. The van der Waals surface area contributed by atoms with E-state index < -0.39 is 30.6 Å². The van der Waals surface area contributed by atoms with Crippen molar-refractivity contribution in [3.63, 3.8) is 0 Å². The van der Waals surface area contributed by atoms with Crippen molar-refractivity contribution in [1.82, 2.24) is 0 Å². The number of benzene rings is 1. The van der Waals surface area contributed by atoms with Gasteiger partial charge < -0.3 is 19.3 Å². The molecule has 0 saturated carbocycles. The summed E-state index contributed by atoms with van der Waals surface area (Å²) in [5, 5.41) is 10.2. The van der Waals surface area contributed by atoms with E-state index >= 15 is 0 Å². The van der Waals surface area contributed by atoms with E-state index in [0.717, 1.165) is 5.56 Å². The lowest BCUT2D eigenvalue weighted by Crippen LogP contribution is -2.46. The smallest absolute Gasteiger partial charge is 0.424 e. The minimum Gasteiger partial charge on any atom is -0.424 e. The van der Waals surface area contributed by atoms with Crippen LogP contribution in [0.1, 0.15) is 18.6 Å². The van der Waals surface area contributed by atoms with Crippen LogP contribution in [-0.4, -0.2) is 35.7 Å². The van der Waals surface area contributed by atoms with Gasteiger partial charge in [0, 0.05) is 0 Å². The van der Waals surface area contributed by atoms with Crippen molar-refractivity contribution in [1.29, 1.82) is 0 Å². The maximum absolute atomic E-state index is 11.1. The molecule has 1 N–H and O–H groups in total. The Balaban J connectivity index is 1.69. The molecule has 5 heteroatoms. The predicted octanol–water partition coefficient (Wildman–Crippen LogP) is 1.97. The summed E-state index contributed by atoms with van der Waals surface area (Å²) in [6.07, 6.45) is -0.179. The van der Waals surface area contributed by atoms with E-state index in [1.165, 1.54) is 0 Å². The summed E-state index contributed by atoms with van der Waals surface area (Å²) in [4.78, 5) is 11.1. The first-order chi connectivity index (χ1) is 9.65. The number of aliphatic hydroxyl groups excluding tert-OH is 1. The van der Waals surface area contributed by atoms with Gasteiger partial charge in [-0.3, -0.25) is 0 Å². The zero-order valence-corrected chi connectivity index (χ0v) is 11.0. The SMILES string of the molecule is C[C@@H](O[C@H]1C=C[C@H]2OC(=O)O[C@H]2[C@@H]1O)c1ccccc1. The molecule has 5 nitrogen and oxygen atoms in total. The average molecular weight is 276 g/mol. The van der Waals surface area contributed by atoms with E-state index in [4.69, 9.17) is 14.2 Å². The minimum absolute atomic E-state index is 0.171. The van der Waals surface area contributed by atoms with E-state index in [9.17, 15) is 9.90 Å². The fourth-order valence-corrected chi connectivity index (χ4v) is 2.48. The molecule has 3 rings (SSSR count). The standard InChI is InChI=1S/C15H16O5/c1-9(10-5-3-2-4-6-10)18-11-7-8-12-14(13(11)16)20-15(17)19-12/h2-9,11-14,16H,1H3/t9-,11+,12-,13-,14-/m1/s1. The highest BCUT2D eigenvalue weighted by Gasteiger charge is 2.46. The van der Waals surface area contributed by atoms with Crippen molar-refractivity contribution in [2.45, 2.75) is 37.4 Å². The number of ether oxygens (including phenoxy) is 3. The molecule has 1 aromatic rings. The molecule has 0 spiro atoms. The summed E-state index contributed by atoms with van der Waals surface area (Å²) in [5.74, 6) is 0. The largest absolute Gasteiger partial charge is 0.509 e. The van der Waals surface area contributed by atoms with E-state index in [2.05, 4.69) is 0 Å². The molecular formula is C15H16O5. The van der Waals surface area contributed by atoms with Crippen LogP contribution >= 0.6 is 0 Å². The minimum atomic E-state index is -0.928. The Kier molecular flexibility index (Phi) is 3.46. The Morgan fingerprint density at radius 3 is 2.70 bits per heavy atom. The molecule has 1 saturated heterocycles. The zero-order chi connectivity index (χ0) is 14.1. The molecule has 1 aliphatic carbocycles. The molecule has 5 atom stereocenters.